The number of unbranched alkanes of at least 4 members (excludes halogenated alkanes) is 5. The highest BCUT2D eigenvalue weighted by Crippen LogP contribution is 2.08. The maximum Gasteiger partial charge on any atom is 0.306 e. The summed E-state index contributed by atoms with van der Waals surface area (Å²) < 4.78 is 5.07. The second-order valence-electron chi connectivity index (χ2n) is 3.94. The fourth-order valence-corrected chi connectivity index (χ4v) is 1.85. The number of carbonyl (C=O) groups excluding carboxylic acids is 1. The van der Waals surface area contributed by atoms with Crippen LogP contribution in [0.15, 0.2) is 0 Å². The van der Waals surface area contributed by atoms with E-state index >= 15 is 0 Å². The fourth-order valence-electron chi connectivity index (χ4n) is 1.40. The van der Waals surface area contributed by atoms with Crippen molar-refractivity contribution in [2.75, 3.05) is 11.8 Å². The van der Waals surface area contributed by atoms with Crippen LogP contribution in [0.25, 0.3) is 0 Å². The lowest BCUT2D eigenvalue weighted by Gasteiger charge is -2.11. The van der Waals surface area contributed by atoms with E-state index in [0.29, 0.717) is 6.42 Å². The van der Waals surface area contributed by atoms with Gasteiger partial charge < -0.3 is 4.74 Å². The molecule has 0 aliphatic heterocycles. The van der Waals surface area contributed by atoms with Gasteiger partial charge in [0, 0.05) is 6.42 Å². The van der Waals surface area contributed by atoms with Gasteiger partial charge in [-0.25, -0.2) is 0 Å². The number of hydrogen-bond acceptors (Lipinski definition) is 2. The van der Waals surface area contributed by atoms with Crippen LogP contribution in [0.5, 0.6) is 0 Å². The predicted octanol–water partition coefficient (Wildman–Crippen LogP) is 4.13. The van der Waals surface area contributed by atoms with Crippen LogP contribution < -0.4 is 0 Å². The van der Waals surface area contributed by atoms with Gasteiger partial charge in [-0.15, -0.1) is 23.2 Å². The molecule has 2 nitrogen and oxygen atoms in total. The number of alkyl halides is 2. The first kappa shape index (κ1) is 16.1. The molecule has 16 heavy (non-hydrogen) atoms. The Morgan fingerprint density at radius 3 is 2.19 bits per heavy atom. The van der Waals surface area contributed by atoms with Crippen molar-refractivity contribution < 1.29 is 9.53 Å². The SMILES string of the molecule is CCCCCCCCC(=O)OC(CCl)CCl. The van der Waals surface area contributed by atoms with E-state index < -0.39 is 0 Å². The third kappa shape index (κ3) is 9.29. The molecule has 0 N–H and O–H groups in total. The van der Waals surface area contributed by atoms with Crippen molar-refractivity contribution in [1.82, 2.24) is 0 Å². The quantitative estimate of drug-likeness (QED) is 0.338. The number of carbonyl (C=O) groups is 1. The van der Waals surface area contributed by atoms with Gasteiger partial charge in [0.2, 0.25) is 0 Å². The highest BCUT2D eigenvalue weighted by atomic mass is 35.5. The molecule has 0 spiro atoms. The van der Waals surface area contributed by atoms with Gasteiger partial charge in [-0.2, -0.15) is 0 Å². The standard InChI is InChI=1S/C12H22Cl2O2/c1-2-3-4-5-6-7-8-12(15)16-11(9-13)10-14/h11H,2-10H2,1H3. The van der Waals surface area contributed by atoms with Crippen LogP contribution in [-0.4, -0.2) is 23.8 Å². The van der Waals surface area contributed by atoms with Crippen molar-refractivity contribution in [1.29, 1.82) is 0 Å². The fraction of sp³-hybridized carbons (Fsp3) is 0.917. The van der Waals surface area contributed by atoms with Gasteiger partial charge in [0.15, 0.2) is 0 Å². The summed E-state index contributed by atoms with van der Waals surface area (Å²) in [7, 11) is 0. The maximum absolute atomic E-state index is 11.3. The Balaban J connectivity index is 3.36. The van der Waals surface area contributed by atoms with Gasteiger partial charge in [0.25, 0.3) is 0 Å². The van der Waals surface area contributed by atoms with Gasteiger partial charge in [0.05, 0.1) is 11.8 Å². The van der Waals surface area contributed by atoms with Crippen molar-refractivity contribution in [2.24, 2.45) is 0 Å². The molecule has 0 amide bonds. The molecule has 0 aromatic rings. The maximum atomic E-state index is 11.3. The molecule has 0 saturated heterocycles. The Morgan fingerprint density at radius 1 is 1.06 bits per heavy atom. The molecular weight excluding hydrogens is 247 g/mol. The smallest absolute Gasteiger partial charge is 0.306 e. The summed E-state index contributed by atoms with van der Waals surface area (Å²) in [6.07, 6.45) is 7.14. The minimum atomic E-state index is -0.337. The monoisotopic (exact) mass is 268 g/mol. The van der Waals surface area contributed by atoms with Crippen LogP contribution in [0.3, 0.4) is 0 Å². The van der Waals surface area contributed by atoms with E-state index in [1.54, 1.807) is 0 Å². The lowest BCUT2D eigenvalue weighted by Crippen LogP contribution is -2.21. The normalized spacial score (nSPS) is 10.8. The molecule has 0 aliphatic rings. The second-order valence-corrected chi connectivity index (χ2v) is 4.56. The van der Waals surface area contributed by atoms with Crippen molar-refractivity contribution in [3.05, 3.63) is 0 Å². The van der Waals surface area contributed by atoms with Crippen molar-refractivity contribution in [3.63, 3.8) is 0 Å². The lowest BCUT2D eigenvalue weighted by molar-refractivity contribution is -0.147. The van der Waals surface area contributed by atoms with E-state index in [2.05, 4.69) is 6.92 Å². The van der Waals surface area contributed by atoms with Crippen LogP contribution in [0, 0.1) is 0 Å². The third-order valence-electron chi connectivity index (χ3n) is 2.38. The van der Waals surface area contributed by atoms with Gasteiger partial charge in [-0.05, 0) is 6.42 Å². The van der Waals surface area contributed by atoms with Crippen LogP contribution in [0.2, 0.25) is 0 Å². The number of esters is 1. The molecule has 4 heteroatoms. The van der Waals surface area contributed by atoms with Crippen LogP contribution in [0.4, 0.5) is 0 Å². The Kier molecular flexibility index (Phi) is 11.6. The first-order chi connectivity index (χ1) is 7.74. The average molecular weight is 269 g/mol. The largest absolute Gasteiger partial charge is 0.460 e. The molecule has 0 saturated carbocycles. The zero-order valence-electron chi connectivity index (χ0n) is 10.0. The summed E-state index contributed by atoms with van der Waals surface area (Å²) >= 11 is 11.1. The van der Waals surface area contributed by atoms with E-state index in [4.69, 9.17) is 27.9 Å². The average Bonchev–Trinajstić information content (AvgIpc) is 2.30. The van der Waals surface area contributed by atoms with E-state index in [1.165, 1.54) is 25.7 Å². The Labute approximate surface area is 109 Å². The summed E-state index contributed by atoms with van der Waals surface area (Å²) in [5.74, 6) is 0.360. The zero-order chi connectivity index (χ0) is 12.2. The van der Waals surface area contributed by atoms with E-state index in [0.717, 1.165) is 12.8 Å². The van der Waals surface area contributed by atoms with E-state index in [-0.39, 0.29) is 23.8 Å². The number of rotatable bonds is 10. The Morgan fingerprint density at radius 2 is 1.62 bits per heavy atom. The minimum absolute atomic E-state index is 0.179. The highest BCUT2D eigenvalue weighted by Gasteiger charge is 2.11. The molecule has 0 rings (SSSR count). The molecule has 96 valence electrons. The zero-order valence-corrected chi connectivity index (χ0v) is 11.5. The second kappa shape index (κ2) is 11.5. The van der Waals surface area contributed by atoms with E-state index in [9.17, 15) is 4.79 Å². The van der Waals surface area contributed by atoms with Gasteiger partial charge in [-0.3, -0.25) is 4.79 Å². The molecule has 0 atom stereocenters. The molecule has 0 aromatic heterocycles. The molecular formula is C12H22Cl2O2. The number of ether oxygens (including phenoxy) is 1. The predicted molar refractivity (Wildman–Crippen MR) is 69.3 cm³/mol. The summed E-state index contributed by atoms with van der Waals surface area (Å²) in [4.78, 5) is 11.3. The molecule has 0 heterocycles. The first-order valence-corrected chi connectivity index (χ1v) is 7.12. The van der Waals surface area contributed by atoms with Crippen LogP contribution in [-0.2, 0) is 9.53 Å². The summed E-state index contributed by atoms with van der Waals surface area (Å²) in [6.45, 7) is 2.19. The lowest BCUT2D eigenvalue weighted by atomic mass is 10.1. The molecule has 0 radical (unpaired) electrons. The van der Waals surface area contributed by atoms with Crippen molar-refractivity contribution >= 4 is 29.2 Å². The third-order valence-corrected chi connectivity index (χ3v) is 3.07. The topological polar surface area (TPSA) is 26.3 Å². The molecule has 0 fully saturated rings. The number of halogens is 2. The first-order valence-electron chi connectivity index (χ1n) is 6.06. The summed E-state index contributed by atoms with van der Waals surface area (Å²) in [5.41, 5.74) is 0. The van der Waals surface area contributed by atoms with Crippen LogP contribution >= 0.6 is 23.2 Å². The van der Waals surface area contributed by atoms with Gasteiger partial charge >= 0.3 is 5.97 Å². The molecule has 0 aromatic carbocycles. The number of hydrogen-bond donors (Lipinski definition) is 0. The van der Waals surface area contributed by atoms with Gasteiger partial charge in [-0.1, -0.05) is 39.0 Å². The van der Waals surface area contributed by atoms with Crippen LogP contribution in [0.1, 0.15) is 51.9 Å². The van der Waals surface area contributed by atoms with Crippen molar-refractivity contribution in [3.8, 4) is 0 Å². The van der Waals surface area contributed by atoms with Gasteiger partial charge in [0.1, 0.15) is 6.10 Å². The summed E-state index contributed by atoms with van der Waals surface area (Å²) in [5, 5.41) is 0. The Bertz CT molecular complexity index is 170. The Hall–Kier alpha value is 0.0500. The highest BCUT2D eigenvalue weighted by molar-refractivity contribution is 6.21. The van der Waals surface area contributed by atoms with E-state index in [1.807, 2.05) is 0 Å². The minimum Gasteiger partial charge on any atom is -0.460 e. The molecule has 0 bridgehead atoms. The van der Waals surface area contributed by atoms with Crippen molar-refractivity contribution in [2.45, 2.75) is 58.0 Å². The summed E-state index contributed by atoms with van der Waals surface area (Å²) in [6, 6.07) is 0. The molecule has 0 aliphatic carbocycles. The molecule has 0 unspecified atom stereocenters.